The van der Waals surface area contributed by atoms with Crippen LogP contribution in [0, 0.1) is 11.5 Å². The van der Waals surface area contributed by atoms with Gasteiger partial charge in [-0.05, 0) is 6.26 Å². The molecule has 1 heterocycles. The highest BCUT2D eigenvalue weighted by Crippen LogP contribution is 1.94. The van der Waals surface area contributed by atoms with Crippen molar-refractivity contribution in [1.82, 2.24) is 20.3 Å². The van der Waals surface area contributed by atoms with Crippen molar-refractivity contribution in [3.63, 3.8) is 0 Å². The van der Waals surface area contributed by atoms with Crippen LogP contribution in [0.2, 0.25) is 0 Å². The Balaban J connectivity index is 2.35. The lowest BCUT2D eigenvalue weighted by Crippen LogP contribution is -2.14. The number of aromatic nitrogens is 3. The predicted octanol–water partition coefficient (Wildman–Crippen LogP) is 0.0678. The average Bonchev–Trinajstić information content (AvgIpc) is 2.69. The molecule has 74 valence electrons. The first kappa shape index (κ1) is 10.5. The van der Waals surface area contributed by atoms with Crippen molar-refractivity contribution in [3.05, 3.63) is 12.4 Å². The van der Waals surface area contributed by atoms with Gasteiger partial charge in [0.2, 0.25) is 0 Å². The smallest absolute Gasteiger partial charge is 0.183 e. The van der Waals surface area contributed by atoms with Crippen molar-refractivity contribution in [2.75, 3.05) is 12.8 Å². The van der Waals surface area contributed by atoms with E-state index in [1.807, 2.05) is 12.4 Å². The maximum atomic E-state index is 8.37. The van der Waals surface area contributed by atoms with E-state index in [9.17, 15) is 0 Å². The first-order valence-corrected chi connectivity index (χ1v) is 5.17. The van der Waals surface area contributed by atoms with Crippen LogP contribution in [0.1, 0.15) is 0 Å². The Morgan fingerprint density at radius 1 is 1.79 bits per heavy atom. The minimum absolute atomic E-state index is 0.578. The lowest BCUT2D eigenvalue weighted by Gasteiger charge is -1.99. The number of amidine groups is 1. The van der Waals surface area contributed by atoms with Crippen LogP contribution < -0.4 is 5.32 Å². The van der Waals surface area contributed by atoms with Gasteiger partial charge in [-0.25, -0.2) is 0 Å². The molecule has 0 unspecified atom stereocenters. The van der Waals surface area contributed by atoms with Crippen molar-refractivity contribution in [3.8, 4) is 6.19 Å². The summed E-state index contributed by atoms with van der Waals surface area (Å²) in [6.07, 6.45) is 7.07. The molecule has 6 nitrogen and oxygen atoms in total. The molecule has 0 aromatic carbocycles. The van der Waals surface area contributed by atoms with Crippen LogP contribution in [0.3, 0.4) is 0 Å². The number of nitriles is 1. The van der Waals surface area contributed by atoms with E-state index in [4.69, 9.17) is 5.26 Å². The quantitative estimate of drug-likeness (QED) is 0.330. The monoisotopic (exact) mass is 210 g/mol. The van der Waals surface area contributed by atoms with E-state index in [-0.39, 0.29) is 0 Å². The molecule has 0 radical (unpaired) electrons. The lowest BCUT2D eigenvalue weighted by molar-refractivity contribution is 0.599. The second kappa shape index (κ2) is 5.99. The van der Waals surface area contributed by atoms with E-state index in [1.165, 1.54) is 11.8 Å². The van der Waals surface area contributed by atoms with E-state index in [2.05, 4.69) is 20.6 Å². The van der Waals surface area contributed by atoms with Crippen molar-refractivity contribution in [2.45, 2.75) is 6.54 Å². The zero-order valence-electron chi connectivity index (χ0n) is 7.71. The van der Waals surface area contributed by atoms with Crippen LogP contribution in [-0.2, 0) is 6.54 Å². The summed E-state index contributed by atoms with van der Waals surface area (Å²) >= 11 is 1.40. The highest BCUT2D eigenvalue weighted by atomic mass is 32.2. The molecular formula is C7H10N6S. The Kier molecular flexibility index (Phi) is 4.50. The molecule has 0 aliphatic carbocycles. The van der Waals surface area contributed by atoms with Gasteiger partial charge in [0.15, 0.2) is 11.4 Å². The number of nitrogens with one attached hydrogen (secondary N) is 1. The van der Waals surface area contributed by atoms with Crippen LogP contribution in [0.15, 0.2) is 17.4 Å². The fourth-order valence-electron chi connectivity index (χ4n) is 0.809. The van der Waals surface area contributed by atoms with Crippen molar-refractivity contribution in [1.29, 1.82) is 5.26 Å². The van der Waals surface area contributed by atoms with Gasteiger partial charge in [0.25, 0.3) is 0 Å². The van der Waals surface area contributed by atoms with E-state index in [1.54, 1.807) is 17.1 Å². The van der Waals surface area contributed by atoms with Gasteiger partial charge in [-0.15, -0.1) is 5.10 Å². The van der Waals surface area contributed by atoms with Crippen LogP contribution in [-0.4, -0.2) is 33.0 Å². The SMILES string of the molecule is CSC(=NCCn1ccnn1)NC#N. The fourth-order valence-corrected chi connectivity index (χ4v) is 1.18. The molecule has 0 saturated heterocycles. The standard InChI is InChI=1S/C7H10N6S/c1-14-7(10-6-8)9-2-4-13-5-3-11-12-13/h3,5H,2,4H2,1H3,(H,9,10). The topological polar surface area (TPSA) is 78.9 Å². The number of aliphatic imine (C=N–C) groups is 1. The first-order chi connectivity index (χ1) is 6.86. The number of rotatable bonds is 3. The van der Waals surface area contributed by atoms with E-state index in [0.29, 0.717) is 18.3 Å². The van der Waals surface area contributed by atoms with Gasteiger partial charge in [0, 0.05) is 6.20 Å². The molecule has 0 fully saturated rings. The Bertz CT molecular complexity index is 324. The molecule has 14 heavy (non-hydrogen) atoms. The number of hydrogen-bond acceptors (Lipinski definition) is 5. The summed E-state index contributed by atoms with van der Waals surface area (Å²) in [6.45, 7) is 1.24. The lowest BCUT2D eigenvalue weighted by atomic mass is 10.6. The maximum Gasteiger partial charge on any atom is 0.183 e. The maximum absolute atomic E-state index is 8.37. The third-order valence-electron chi connectivity index (χ3n) is 1.41. The molecule has 0 aliphatic heterocycles. The highest BCUT2D eigenvalue weighted by Gasteiger charge is 1.94. The Morgan fingerprint density at radius 2 is 2.64 bits per heavy atom. The predicted molar refractivity (Wildman–Crippen MR) is 54.6 cm³/mol. The van der Waals surface area contributed by atoms with Crippen molar-refractivity contribution in [2.24, 2.45) is 4.99 Å². The van der Waals surface area contributed by atoms with Gasteiger partial charge in [0.1, 0.15) is 0 Å². The van der Waals surface area contributed by atoms with E-state index < -0.39 is 0 Å². The molecule has 0 amide bonds. The molecule has 7 heteroatoms. The summed E-state index contributed by atoms with van der Waals surface area (Å²) in [4.78, 5) is 4.16. The van der Waals surface area contributed by atoms with Gasteiger partial charge in [-0.3, -0.25) is 15.0 Å². The second-order valence-electron chi connectivity index (χ2n) is 2.29. The van der Waals surface area contributed by atoms with Crippen LogP contribution in [0.25, 0.3) is 0 Å². The summed E-state index contributed by atoms with van der Waals surface area (Å²) < 4.78 is 1.69. The molecule has 0 aliphatic rings. The normalized spacial score (nSPS) is 11.0. The molecule has 0 spiro atoms. The molecular weight excluding hydrogens is 200 g/mol. The minimum atomic E-state index is 0.578. The third-order valence-corrected chi connectivity index (χ3v) is 2.03. The van der Waals surface area contributed by atoms with Gasteiger partial charge in [-0.1, -0.05) is 17.0 Å². The summed E-state index contributed by atoms with van der Waals surface area (Å²) in [5.41, 5.74) is 0. The molecule has 0 atom stereocenters. The molecule has 1 aromatic rings. The average molecular weight is 210 g/mol. The zero-order valence-corrected chi connectivity index (χ0v) is 8.53. The first-order valence-electron chi connectivity index (χ1n) is 3.94. The molecule has 0 saturated carbocycles. The van der Waals surface area contributed by atoms with Crippen LogP contribution in [0.4, 0.5) is 0 Å². The van der Waals surface area contributed by atoms with Gasteiger partial charge < -0.3 is 0 Å². The Labute approximate surface area is 86.0 Å². The van der Waals surface area contributed by atoms with Crippen LogP contribution >= 0.6 is 11.8 Å². The van der Waals surface area contributed by atoms with E-state index >= 15 is 0 Å². The zero-order chi connectivity index (χ0) is 10.2. The van der Waals surface area contributed by atoms with Gasteiger partial charge in [-0.2, -0.15) is 5.26 Å². The second-order valence-corrected chi connectivity index (χ2v) is 3.09. The minimum Gasteiger partial charge on any atom is -0.272 e. The van der Waals surface area contributed by atoms with Gasteiger partial charge >= 0.3 is 0 Å². The summed E-state index contributed by atoms with van der Waals surface area (Å²) in [6, 6.07) is 0. The third kappa shape index (κ3) is 3.45. The molecule has 0 bridgehead atoms. The number of thioether (sulfide) groups is 1. The summed E-state index contributed by atoms with van der Waals surface area (Å²) in [5, 5.41) is 18.9. The van der Waals surface area contributed by atoms with Crippen molar-refractivity contribution < 1.29 is 0 Å². The molecule has 1 N–H and O–H groups in total. The Morgan fingerprint density at radius 3 is 3.21 bits per heavy atom. The summed E-state index contributed by atoms with van der Waals surface area (Å²) in [5.74, 6) is 0. The number of hydrogen-bond donors (Lipinski definition) is 1. The molecule has 1 rings (SSSR count). The number of nitrogens with zero attached hydrogens (tertiary/aromatic N) is 5. The van der Waals surface area contributed by atoms with Crippen LogP contribution in [0.5, 0.6) is 0 Å². The Hall–Kier alpha value is -1.55. The van der Waals surface area contributed by atoms with Crippen molar-refractivity contribution >= 4 is 16.9 Å². The largest absolute Gasteiger partial charge is 0.272 e. The van der Waals surface area contributed by atoms with E-state index in [0.717, 1.165) is 0 Å². The highest BCUT2D eigenvalue weighted by molar-refractivity contribution is 8.13. The molecule has 1 aromatic heterocycles. The summed E-state index contributed by atoms with van der Waals surface area (Å²) in [7, 11) is 0. The van der Waals surface area contributed by atoms with Gasteiger partial charge in [0.05, 0.1) is 19.3 Å². The fraction of sp³-hybridized carbons (Fsp3) is 0.429.